The molecule has 1 N–H and O–H groups in total. The minimum Gasteiger partial charge on any atom is -0.481 e. The van der Waals surface area contributed by atoms with E-state index in [4.69, 9.17) is 5.11 Å². The van der Waals surface area contributed by atoms with Crippen LogP contribution >= 0.6 is 12.4 Å². The van der Waals surface area contributed by atoms with Crippen LogP contribution in [-0.4, -0.2) is 21.0 Å². The van der Waals surface area contributed by atoms with Crippen molar-refractivity contribution in [1.29, 1.82) is 0 Å². The van der Waals surface area contributed by atoms with E-state index in [1.807, 2.05) is 0 Å². The van der Waals surface area contributed by atoms with Gasteiger partial charge in [-0.3, -0.25) is 4.79 Å². The van der Waals surface area contributed by atoms with Gasteiger partial charge in [-0.2, -0.15) is 0 Å². The van der Waals surface area contributed by atoms with Gasteiger partial charge in [-0.05, 0) is 13.8 Å². The minimum atomic E-state index is -0.851. The quantitative estimate of drug-likeness (QED) is 0.781. The molecule has 1 aromatic heterocycles. The summed E-state index contributed by atoms with van der Waals surface area (Å²) in [4.78, 5) is 18.3. The highest BCUT2D eigenvalue weighted by molar-refractivity contribution is 5.85. The molecule has 1 rings (SSSR count). The highest BCUT2D eigenvalue weighted by Crippen LogP contribution is 2.08. The zero-order valence-electron chi connectivity index (χ0n) is 7.44. The fourth-order valence-electron chi connectivity index (χ4n) is 1.03. The highest BCUT2D eigenvalue weighted by Gasteiger charge is 2.07. The van der Waals surface area contributed by atoms with Crippen LogP contribution in [0.3, 0.4) is 0 Å². The number of hydrogen-bond donors (Lipinski definition) is 1. The summed E-state index contributed by atoms with van der Waals surface area (Å²) in [5, 5.41) is 8.56. The summed E-state index contributed by atoms with van der Waals surface area (Å²) < 4.78 is 0. The topological polar surface area (TPSA) is 63.1 Å². The van der Waals surface area contributed by atoms with E-state index in [9.17, 15) is 4.79 Å². The lowest BCUT2D eigenvalue weighted by Gasteiger charge is -2.03. The molecule has 4 nitrogen and oxygen atoms in total. The van der Waals surface area contributed by atoms with Gasteiger partial charge in [-0.15, -0.1) is 12.4 Å². The predicted octanol–water partition coefficient (Wildman–Crippen LogP) is 1.14. The first-order valence-electron chi connectivity index (χ1n) is 3.60. The number of rotatable bonds is 2. The maximum absolute atomic E-state index is 10.4. The van der Waals surface area contributed by atoms with Crippen molar-refractivity contribution in [3.63, 3.8) is 0 Å². The molecular formula is C8H11ClN2O2. The molecule has 0 bridgehead atoms. The molecule has 1 heterocycles. The third-order valence-corrected chi connectivity index (χ3v) is 1.70. The number of aromatic nitrogens is 2. The summed E-state index contributed by atoms with van der Waals surface area (Å²) in [5.41, 5.74) is 2.19. The Morgan fingerprint density at radius 3 is 2.23 bits per heavy atom. The number of aliphatic carboxylic acids is 1. The van der Waals surface area contributed by atoms with E-state index in [0.29, 0.717) is 5.56 Å². The van der Waals surface area contributed by atoms with Gasteiger partial charge in [0.2, 0.25) is 0 Å². The van der Waals surface area contributed by atoms with Crippen molar-refractivity contribution in [3.05, 3.63) is 23.3 Å². The molecule has 0 saturated carbocycles. The second-order valence-electron chi connectivity index (χ2n) is 2.59. The Morgan fingerprint density at radius 1 is 1.38 bits per heavy atom. The van der Waals surface area contributed by atoms with Gasteiger partial charge in [-0.1, -0.05) is 0 Å². The fourth-order valence-corrected chi connectivity index (χ4v) is 1.03. The molecular weight excluding hydrogens is 192 g/mol. The number of carbonyl (C=O) groups is 1. The Hall–Kier alpha value is -1.16. The Bertz CT molecular complexity index is 295. The van der Waals surface area contributed by atoms with Crippen LogP contribution in [0.4, 0.5) is 0 Å². The molecule has 0 radical (unpaired) electrons. The van der Waals surface area contributed by atoms with Crippen molar-refractivity contribution in [2.75, 3.05) is 0 Å². The molecule has 0 unspecified atom stereocenters. The van der Waals surface area contributed by atoms with E-state index in [-0.39, 0.29) is 18.8 Å². The Kier molecular flexibility index (Phi) is 4.34. The standard InChI is InChI=1S/C8H10N2O2.ClH/c1-5-7(3-8(11)12)6(2)10-4-9-5;/h4H,3H2,1-2H3,(H,11,12);1H. The molecule has 0 aliphatic rings. The number of carboxylic acid groups (broad SMARTS) is 1. The first kappa shape index (κ1) is 11.8. The van der Waals surface area contributed by atoms with E-state index in [0.717, 1.165) is 11.4 Å². The first-order chi connectivity index (χ1) is 5.61. The summed E-state index contributed by atoms with van der Waals surface area (Å²) >= 11 is 0. The maximum atomic E-state index is 10.4. The van der Waals surface area contributed by atoms with Gasteiger partial charge < -0.3 is 5.11 Å². The third kappa shape index (κ3) is 2.99. The molecule has 5 heteroatoms. The molecule has 0 fully saturated rings. The Labute approximate surface area is 82.4 Å². The largest absolute Gasteiger partial charge is 0.481 e. The number of carboxylic acids is 1. The van der Waals surface area contributed by atoms with Gasteiger partial charge in [0.15, 0.2) is 0 Å². The summed E-state index contributed by atoms with van der Waals surface area (Å²) in [6.45, 7) is 3.57. The molecule has 0 spiro atoms. The summed E-state index contributed by atoms with van der Waals surface area (Å²) in [5.74, 6) is -0.851. The number of aryl methyl sites for hydroxylation is 2. The van der Waals surface area contributed by atoms with E-state index in [1.54, 1.807) is 13.8 Å². The fraction of sp³-hybridized carbons (Fsp3) is 0.375. The molecule has 13 heavy (non-hydrogen) atoms. The smallest absolute Gasteiger partial charge is 0.307 e. The zero-order chi connectivity index (χ0) is 9.14. The SMILES string of the molecule is Cc1ncnc(C)c1CC(=O)O.Cl. The molecule has 1 aromatic rings. The average molecular weight is 203 g/mol. The maximum Gasteiger partial charge on any atom is 0.307 e. The van der Waals surface area contributed by atoms with Crippen LogP contribution in [0, 0.1) is 13.8 Å². The molecule has 0 aliphatic heterocycles. The van der Waals surface area contributed by atoms with Gasteiger partial charge >= 0.3 is 5.97 Å². The van der Waals surface area contributed by atoms with Gasteiger partial charge in [0, 0.05) is 17.0 Å². The normalized spacial score (nSPS) is 9.08. The summed E-state index contributed by atoms with van der Waals surface area (Å²) in [6.07, 6.45) is 1.44. The van der Waals surface area contributed by atoms with Crippen LogP contribution in [0.15, 0.2) is 6.33 Å². The monoisotopic (exact) mass is 202 g/mol. The second-order valence-corrected chi connectivity index (χ2v) is 2.59. The van der Waals surface area contributed by atoms with Crippen molar-refractivity contribution in [2.45, 2.75) is 20.3 Å². The average Bonchev–Trinajstić information content (AvgIpc) is 1.97. The second kappa shape index (κ2) is 4.77. The van der Waals surface area contributed by atoms with E-state index in [2.05, 4.69) is 9.97 Å². The lowest BCUT2D eigenvalue weighted by molar-refractivity contribution is -0.136. The molecule has 0 atom stereocenters. The Morgan fingerprint density at radius 2 is 1.85 bits per heavy atom. The number of hydrogen-bond acceptors (Lipinski definition) is 3. The van der Waals surface area contributed by atoms with Crippen molar-refractivity contribution in [3.8, 4) is 0 Å². The van der Waals surface area contributed by atoms with Crippen LogP contribution in [0.25, 0.3) is 0 Å². The molecule has 0 amide bonds. The van der Waals surface area contributed by atoms with Gasteiger partial charge in [0.1, 0.15) is 6.33 Å². The summed E-state index contributed by atoms with van der Waals surface area (Å²) in [7, 11) is 0. The lowest BCUT2D eigenvalue weighted by Crippen LogP contribution is -2.06. The van der Waals surface area contributed by atoms with Crippen LogP contribution in [0.2, 0.25) is 0 Å². The van der Waals surface area contributed by atoms with E-state index >= 15 is 0 Å². The van der Waals surface area contributed by atoms with Crippen molar-refractivity contribution < 1.29 is 9.90 Å². The number of halogens is 1. The lowest BCUT2D eigenvalue weighted by atomic mass is 10.1. The van der Waals surface area contributed by atoms with Crippen LogP contribution in [0.5, 0.6) is 0 Å². The van der Waals surface area contributed by atoms with Crippen molar-refractivity contribution >= 4 is 18.4 Å². The molecule has 0 saturated heterocycles. The predicted molar refractivity (Wildman–Crippen MR) is 50.1 cm³/mol. The molecule has 72 valence electrons. The molecule has 0 aliphatic carbocycles. The van der Waals surface area contributed by atoms with Crippen molar-refractivity contribution in [1.82, 2.24) is 9.97 Å². The van der Waals surface area contributed by atoms with Crippen LogP contribution in [-0.2, 0) is 11.2 Å². The third-order valence-electron chi connectivity index (χ3n) is 1.70. The number of nitrogens with zero attached hydrogens (tertiary/aromatic N) is 2. The van der Waals surface area contributed by atoms with E-state index < -0.39 is 5.97 Å². The van der Waals surface area contributed by atoms with Gasteiger partial charge in [0.05, 0.1) is 6.42 Å². The summed E-state index contributed by atoms with van der Waals surface area (Å²) in [6, 6.07) is 0. The minimum absolute atomic E-state index is 0. The van der Waals surface area contributed by atoms with Gasteiger partial charge in [-0.25, -0.2) is 9.97 Å². The zero-order valence-corrected chi connectivity index (χ0v) is 8.26. The van der Waals surface area contributed by atoms with E-state index in [1.165, 1.54) is 6.33 Å². The van der Waals surface area contributed by atoms with Crippen LogP contribution in [0.1, 0.15) is 17.0 Å². The van der Waals surface area contributed by atoms with Gasteiger partial charge in [0.25, 0.3) is 0 Å². The highest BCUT2D eigenvalue weighted by atomic mass is 35.5. The first-order valence-corrected chi connectivity index (χ1v) is 3.60. The van der Waals surface area contributed by atoms with Crippen molar-refractivity contribution in [2.24, 2.45) is 0 Å². The Balaban J connectivity index is 0.00000144. The van der Waals surface area contributed by atoms with Crippen LogP contribution < -0.4 is 0 Å². The molecule has 0 aromatic carbocycles.